The SMILES string of the molecule is N#Cc1ccc(NC(=O)Nc2c(F)cccc2Cl)cc1. The molecule has 0 aliphatic heterocycles. The van der Waals surface area contributed by atoms with Gasteiger partial charge in [0.05, 0.1) is 22.3 Å². The van der Waals surface area contributed by atoms with Crippen LogP contribution < -0.4 is 10.6 Å². The topological polar surface area (TPSA) is 64.9 Å². The number of urea groups is 1. The molecule has 100 valence electrons. The zero-order valence-electron chi connectivity index (χ0n) is 10.2. The van der Waals surface area contributed by atoms with E-state index in [-0.39, 0.29) is 10.7 Å². The molecule has 6 heteroatoms. The number of rotatable bonds is 2. The Labute approximate surface area is 119 Å². The summed E-state index contributed by atoms with van der Waals surface area (Å²) in [7, 11) is 0. The fourth-order valence-electron chi connectivity index (χ4n) is 1.52. The number of anilines is 2. The Balaban J connectivity index is 2.07. The Morgan fingerprint density at radius 1 is 1.15 bits per heavy atom. The largest absolute Gasteiger partial charge is 0.323 e. The van der Waals surface area contributed by atoms with Gasteiger partial charge < -0.3 is 10.6 Å². The molecule has 0 radical (unpaired) electrons. The van der Waals surface area contributed by atoms with Crippen LogP contribution in [0.2, 0.25) is 5.02 Å². The number of halogens is 2. The monoisotopic (exact) mass is 289 g/mol. The minimum absolute atomic E-state index is 0.0830. The predicted molar refractivity (Wildman–Crippen MR) is 75.2 cm³/mol. The van der Waals surface area contributed by atoms with E-state index in [2.05, 4.69) is 10.6 Å². The molecule has 0 fully saturated rings. The van der Waals surface area contributed by atoms with Crippen LogP contribution in [0, 0.1) is 17.1 Å². The van der Waals surface area contributed by atoms with Crippen LogP contribution in [0.25, 0.3) is 0 Å². The highest BCUT2D eigenvalue weighted by molar-refractivity contribution is 6.33. The lowest BCUT2D eigenvalue weighted by Gasteiger charge is -2.09. The second-order valence-corrected chi connectivity index (χ2v) is 4.27. The van der Waals surface area contributed by atoms with Crippen molar-refractivity contribution >= 4 is 29.0 Å². The number of amides is 2. The highest BCUT2D eigenvalue weighted by Crippen LogP contribution is 2.24. The number of benzene rings is 2. The summed E-state index contributed by atoms with van der Waals surface area (Å²) in [4.78, 5) is 11.7. The van der Waals surface area contributed by atoms with E-state index in [1.54, 1.807) is 24.3 Å². The van der Waals surface area contributed by atoms with Gasteiger partial charge in [0.1, 0.15) is 5.82 Å². The highest BCUT2D eigenvalue weighted by Gasteiger charge is 2.10. The van der Waals surface area contributed by atoms with Crippen molar-refractivity contribution in [1.82, 2.24) is 0 Å². The molecule has 0 spiro atoms. The van der Waals surface area contributed by atoms with E-state index in [9.17, 15) is 9.18 Å². The van der Waals surface area contributed by atoms with Crippen molar-refractivity contribution in [3.05, 3.63) is 58.9 Å². The van der Waals surface area contributed by atoms with E-state index in [4.69, 9.17) is 16.9 Å². The second-order valence-electron chi connectivity index (χ2n) is 3.86. The summed E-state index contributed by atoms with van der Waals surface area (Å²) in [6, 6.07) is 11.7. The summed E-state index contributed by atoms with van der Waals surface area (Å²) in [6.07, 6.45) is 0. The Morgan fingerprint density at radius 3 is 2.45 bits per heavy atom. The number of para-hydroxylation sites is 1. The first-order chi connectivity index (χ1) is 9.60. The van der Waals surface area contributed by atoms with Crippen molar-refractivity contribution in [2.75, 3.05) is 10.6 Å². The van der Waals surface area contributed by atoms with E-state index in [1.165, 1.54) is 18.2 Å². The third-order valence-electron chi connectivity index (χ3n) is 2.47. The smallest absolute Gasteiger partial charge is 0.308 e. The first-order valence-electron chi connectivity index (χ1n) is 5.62. The lowest BCUT2D eigenvalue weighted by atomic mass is 10.2. The summed E-state index contributed by atoms with van der Waals surface area (Å²) in [5.41, 5.74) is 0.877. The molecule has 2 amide bonds. The van der Waals surface area contributed by atoms with Crippen LogP contribution in [-0.4, -0.2) is 6.03 Å². The molecular weight excluding hydrogens is 281 g/mol. The Hall–Kier alpha value is -2.58. The Kier molecular flexibility index (Phi) is 4.18. The molecule has 0 bridgehead atoms. The molecule has 2 aromatic rings. The van der Waals surface area contributed by atoms with Crippen LogP contribution in [0.3, 0.4) is 0 Å². The number of hydrogen-bond acceptors (Lipinski definition) is 2. The van der Waals surface area contributed by atoms with Crippen LogP contribution in [0.15, 0.2) is 42.5 Å². The number of nitrogens with zero attached hydrogens (tertiary/aromatic N) is 1. The van der Waals surface area contributed by atoms with Gasteiger partial charge in [-0.25, -0.2) is 9.18 Å². The van der Waals surface area contributed by atoms with Crippen LogP contribution in [0.5, 0.6) is 0 Å². The van der Waals surface area contributed by atoms with Gasteiger partial charge in [-0.05, 0) is 36.4 Å². The number of nitriles is 1. The summed E-state index contributed by atoms with van der Waals surface area (Å²) in [5.74, 6) is -0.618. The molecule has 4 nitrogen and oxygen atoms in total. The second kappa shape index (κ2) is 6.04. The quantitative estimate of drug-likeness (QED) is 0.878. The van der Waals surface area contributed by atoms with E-state index in [0.717, 1.165) is 0 Å². The first kappa shape index (κ1) is 13.8. The van der Waals surface area contributed by atoms with Gasteiger partial charge in [0.25, 0.3) is 0 Å². The van der Waals surface area contributed by atoms with Gasteiger partial charge in [-0.2, -0.15) is 5.26 Å². The standard InChI is InChI=1S/C14H9ClFN3O/c15-11-2-1-3-12(16)13(11)19-14(20)18-10-6-4-9(8-17)5-7-10/h1-7H,(H2,18,19,20). The third-order valence-corrected chi connectivity index (χ3v) is 2.79. The fraction of sp³-hybridized carbons (Fsp3) is 0. The molecule has 0 saturated heterocycles. The van der Waals surface area contributed by atoms with Crippen molar-refractivity contribution in [3.8, 4) is 6.07 Å². The van der Waals surface area contributed by atoms with Crippen LogP contribution in [-0.2, 0) is 0 Å². The van der Waals surface area contributed by atoms with Gasteiger partial charge in [0.2, 0.25) is 0 Å². The minimum Gasteiger partial charge on any atom is -0.308 e. The summed E-state index contributed by atoms with van der Waals surface area (Å²) in [6.45, 7) is 0. The molecule has 0 aliphatic rings. The van der Waals surface area contributed by atoms with Gasteiger partial charge in [0, 0.05) is 5.69 Å². The lowest BCUT2D eigenvalue weighted by Crippen LogP contribution is -2.20. The number of nitrogens with one attached hydrogen (secondary N) is 2. The van der Waals surface area contributed by atoms with Gasteiger partial charge in [0.15, 0.2) is 0 Å². The maximum absolute atomic E-state index is 13.5. The van der Waals surface area contributed by atoms with E-state index >= 15 is 0 Å². The summed E-state index contributed by atoms with van der Waals surface area (Å²) in [5, 5.41) is 13.6. The van der Waals surface area contributed by atoms with Crippen molar-refractivity contribution in [3.63, 3.8) is 0 Å². The van der Waals surface area contributed by atoms with Crippen molar-refractivity contribution in [2.24, 2.45) is 0 Å². The molecule has 0 unspecified atom stereocenters. The molecule has 20 heavy (non-hydrogen) atoms. The Bertz CT molecular complexity index is 660. The van der Waals surface area contributed by atoms with Gasteiger partial charge >= 0.3 is 6.03 Å². The maximum Gasteiger partial charge on any atom is 0.323 e. The van der Waals surface area contributed by atoms with Crippen molar-refractivity contribution < 1.29 is 9.18 Å². The summed E-state index contributed by atoms with van der Waals surface area (Å²) < 4.78 is 13.5. The molecule has 0 heterocycles. The van der Waals surface area contributed by atoms with Crippen molar-refractivity contribution in [2.45, 2.75) is 0 Å². The highest BCUT2D eigenvalue weighted by atomic mass is 35.5. The van der Waals surface area contributed by atoms with E-state index < -0.39 is 11.8 Å². The minimum atomic E-state index is -0.623. The molecule has 0 aliphatic carbocycles. The molecule has 0 atom stereocenters. The number of hydrogen-bond donors (Lipinski definition) is 2. The lowest BCUT2D eigenvalue weighted by molar-refractivity contribution is 0.262. The summed E-state index contributed by atoms with van der Waals surface area (Å²) >= 11 is 5.80. The fourth-order valence-corrected chi connectivity index (χ4v) is 1.73. The van der Waals surface area contributed by atoms with Crippen LogP contribution >= 0.6 is 11.6 Å². The van der Waals surface area contributed by atoms with Gasteiger partial charge in [-0.15, -0.1) is 0 Å². The van der Waals surface area contributed by atoms with Gasteiger partial charge in [-0.3, -0.25) is 0 Å². The predicted octanol–water partition coefficient (Wildman–Crippen LogP) is 3.99. The van der Waals surface area contributed by atoms with E-state index in [1.807, 2.05) is 6.07 Å². The molecule has 2 N–H and O–H groups in total. The van der Waals surface area contributed by atoms with E-state index in [0.29, 0.717) is 11.3 Å². The van der Waals surface area contributed by atoms with Gasteiger partial charge in [-0.1, -0.05) is 17.7 Å². The maximum atomic E-state index is 13.5. The molecule has 0 saturated carbocycles. The number of carbonyl (C=O) groups excluding carboxylic acids is 1. The van der Waals surface area contributed by atoms with Crippen LogP contribution in [0.1, 0.15) is 5.56 Å². The number of carbonyl (C=O) groups is 1. The molecular formula is C14H9ClFN3O. The third kappa shape index (κ3) is 3.25. The normalized spacial score (nSPS) is 9.65. The Morgan fingerprint density at radius 2 is 1.85 bits per heavy atom. The van der Waals surface area contributed by atoms with Crippen molar-refractivity contribution in [1.29, 1.82) is 5.26 Å². The molecule has 0 aromatic heterocycles. The zero-order valence-corrected chi connectivity index (χ0v) is 10.9. The zero-order chi connectivity index (χ0) is 14.5. The average Bonchev–Trinajstić information content (AvgIpc) is 2.44. The first-order valence-corrected chi connectivity index (χ1v) is 6.00. The molecule has 2 rings (SSSR count). The molecule has 2 aromatic carbocycles. The van der Waals surface area contributed by atoms with Crippen LogP contribution in [0.4, 0.5) is 20.6 Å². The average molecular weight is 290 g/mol.